The molecule has 3 rings (SSSR count). The van der Waals surface area contributed by atoms with Crippen molar-refractivity contribution in [2.45, 2.75) is 25.4 Å². The van der Waals surface area contributed by atoms with E-state index in [-0.39, 0.29) is 0 Å². The monoisotopic (exact) mass is 321 g/mol. The number of rotatable bonds is 5. The molecule has 0 amide bonds. The van der Waals surface area contributed by atoms with Crippen LogP contribution in [0.5, 0.6) is 0 Å². The molecular formula is C16H27N5S. The first-order chi connectivity index (χ1) is 10.8. The highest BCUT2D eigenvalue weighted by atomic mass is 32.2. The number of hydrogen-bond acceptors (Lipinski definition) is 6. The molecule has 2 saturated heterocycles. The zero-order valence-electron chi connectivity index (χ0n) is 13.7. The van der Waals surface area contributed by atoms with Gasteiger partial charge in [0.15, 0.2) is 0 Å². The lowest BCUT2D eigenvalue weighted by molar-refractivity contribution is 0.263. The molecule has 3 heterocycles. The Morgan fingerprint density at radius 3 is 2.55 bits per heavy atom. The van der Waals surface area contributed by atoms with E-state index in [1.807, 2.05) is 24.2 Å². The first-order valence-electron chi connectivity index (χ1n) is 8.23. The number of nitrogens with zero attached hydrogens (tertiary/aromatic N) is 5. The second-order valence-corrected chi connectivity index (χ2v) is 7.31. The largest absolute Gasteiger partial charge is 0.338 e. The third-order valence-electron chi connectivity index (χ3n) is 4.72. The highest BCUT2D eigenvalue weighted by molar-refractivity contribution is 7.98. The normalized spacial score (nSPS) is 24.1. The van der Waals surface area contributed by atoms with Crippen LogP contribution in [0.2, 0.25) is 0 Å². The number of piperazine rings is 1. The topological polar surface area (TPSA) is 35.5 Å². The van der Waals surface area contributed by atoms with Gasteiger partial charge in [-0.2, -0.15) is 11.8 Å². The third kappa shape index (κ3) is 3.91. The summed E-state index contributed by atoms with van der Waals surface area (Å²) in [6, 6.07) is 0.729. The van der Waals surface area contributed by atoms with Crippen LogP contribution in [-0.4, -0.2) is 77.6 Å². The molecule has 5 nitrogen and oxygen atoms in total. The van der Waals surface area contributed by atoms with Gasteiger partial charge in [0, 0.05) is 62.5 Å². The van der Waals surface area contributed by atoms with Crippen molar-refractivity contribution in [3.8, 4) is 0 Å². The molecule has 0 aromatic carbocycles. The number of likely N-dealkylation sites (tertiary alicyclic amines) is 1. The molecule has 122 valence electrons. The summed E-state index contributed by atoms with van der Waals surface area (Å²) >= 11 is 1.95. The van der Waals surface area contributed by atoms with Crippen LogP contribution in [0.1, 0.15) is 18.4 Å². The minimum Gasteiger partial charge on any atom is -0.338 e. The third-order valence-corrected chi connectivity index (χ3v) is 5.44. The van der Waals surface area contributed by atoms with Gasteiger partial charge < -0.3 is 9.80 Å². The fraction of sp³-hybridized carbons (Fsp3) is 0.750. The van der Waals surface area contributed by atoms with E-state index in [1.54, 1.807) is 0 Å². The Balaban J connectivity index is 1.57. The summed E-state index contributed by atoms with van der Waals surface area (Å²) in [5, 5.41) is 0. The van der Waals surface area contributed by atoms with Crippen LogP contribution in [0.25, 0.3) is 0 Å². The molecule has 1 unspecified atom stereocenters. The van der Waals surface area contributed by atoms with E-state index < -0.39 is 0 Å². The first-order valence-corrected chi connectivity index (χ1v) is 9.63. The lowest BCUT2D eigenvalue weighted by atomic mass is 10.2. The maximum Gasteiger partial charge on any atom is 0.225 e. The van der Waals surface area contributed by atoms with Crippen molar-refractivity contribution in [1.82, 2.24) is 19.8 Å². The van der Waals surface area contributed by atoms with Crippen molar-refractivity contribution >= 4 is 17.7 Å². The quantitative estimate of drug-likeness (QED) is 0.819. The SMILES string of the molecule is CSCC1CCCN1Cc1cnc(N2CCN(C)CC2)nc1. The molecule has 0 aliphatic carbocycles. The standard InChI is InChI=1S/C16H27N5S/c1-19-6-8-20(9-7-19)16-17-10-14(11-18-16)12-21-5-3-4-15(21)13-22-2/h10-11,15H,3-9,12-13H2,1-2H3. The van der Waals surface area contributed by atoms with Crippen molar-refractivity contribution in [3.63, 3.8) is 0 Å². The van der Waals surface area contributed by atoms with Gasteiger partial charge in [-0.1, -0.05) is 0 Å². The molecule has 2 aliphatic rings. The zero-order valence-corrected chi connectivity index (χ0v) is 14.6. The molecule has 1 aromatic rings. The Bertz CT molecular complexity index is 458. The van der Waals surface area contributed by atoms with E-state index in [9.17, 15) is 0 Å². The fourth-order valence-corrected chi connectivity index (χ4v) is 4.08. The van der Waals surface area contributed by atoms with Crippen LogP contribution in [0.15, 0.2) is 12.4 Å². The van der Waals surface area contributed by atoms with Gasteiger partial charge in [-0.15, -0.1) is 0 Å². The van der Waals surface area contributed by atoms with Gasteiger partial charge >= 0.3 is 0 Å². The maximum atomic E-state index is 4.60. The predicted octanol–water partition coefficient (Wildman–Crippen LogP) is 1.56. The molecule has 0 radical (unpaired) electrons. The summed E-state index contributed by atoms with van der Waals surface area (Å²) in [6.45, 7) is 6.44. The molecule has 0 saturated carbocycles. The molecule has 0 bridgehead atoms. The minimum absolute atomic E-state index is 0.729. The van der Waals surface area contributed by atoms with Gasteiger partial charge in [0.05, 0.1) is 0 Å². The number of aromatic nitrogens is 2. The van der Waals surface area contributed by atoms with E-state index in [0.717, 1.165) is 44.7 Å². The number of anilines is 1. The van der Waals surface area contributed by atoms with E-state index in [4.69, 9.17) is 0 Å². The van der Waals surface area contributed by atoms with Gasteiger partial charge in [0.1, 0.15) is 0 Å². The molecule has 2 fully saturated rings. The summed E-state index contributed by atoms with van der Waals surface area (Å²) in [5.74, 6) is 2.12. The lowest BCUT2D eigenvalue weighted by Crippen LogP contribution is -2.45. The van der Waals surface area contributed by atoms with Crippen molar-refractivity contribution in [2.24, 2.45) is 0 Å². The second kappa shape index (κ2) is 7.62. The predicted molar refractivity (Wildman–Crippen MR) is 93.6 cm³/mol. The summed E-state index contributed by atoms with van der Waals surface area (Å²) in [4.78, 5) is 16.4. The van der Waals surface area contributed by atoms with Crippen LogP contribution in [0.4, 0.5) is 5.95 Å². The lowest BCUT2D eigenvalue weighted by Gasteiger charge is -2.32. The zero-order chi connectivity index (χ0) is 15.4. The minimum atomic E-state index is 0.729. The molecule has 6 heteroatoms. The first kappa shape index (κ1) is 16.0. The van der Waals surface area contributed by atoms with Crippen molar-refractivity contribution < 1.29 is 0 Å². The van der Waals surface area contributed by atoms with Crippen molar-refractivity contribution in [2.75, 3.05) is 56.7 Å². The van der Waals surface area contributed by atoms with Gasteiger partial charge in [0.25, 0.3) is 0 Å². The second-order valence-electron chi connectivity index (χ2n) is 6.40. The molecule has 2 aliphatic heterocycles. The van der Waals surface area contributed by atoms with Crippen LogP contribution in [0, 0.1) is 0 Å². The van der Waals surface area contributed by atoms with Crippen LogP contribution >= 0.6 is 11.8 Å². The van der Waals surface area contributed by atoms with Gasteiger partial charge in [-0.05, 0) is 32.7 Å². The highest BCUT2D eigenvalue weighted by Crippen LogP contribution is 2.22. The van der Waals surface area contributed by atoms with E-state index in [0.29, 0.717) is 0 Å². The van der Waals surface area contributed by atoms with Gasteiger partial charge in [0.2, 0.25) is 5.95 Å². The number of thioether (sulfide) groups is 1. The van der Waals surface area contributed by atoms with Crippen LogP contribution < -0.4 is 4.90 Å². The van der Waals surface area contributed by atoms with Crippen molar-refractivity contribution in [3.05, 3.63) is 18.0 Å². The van der Waals surface area contributed by atoms with Crippen molar-refractivity contribution in [1.29, 1.82) is 0 Å². The summed E-state index contributed by atoms with van der Waals surface area (Å²) in [7, 11) is 2.17. The Morgan fingerprint density at radius 1 is 1.14 bits per heavy atom. The average molecular weight is 321 g/mol. The Kier molecular flexibility index (Phi) is 5.55. The number of hydrogen-bond donors (Lipinski definition) is 0. The average Bonchev–Trinajstić information content (AvgIpc) is 2.97. The van der Waals surface area contributed by atoms with Crippen LogP contribution in [-0.2, 0) is 6.54 Å². The van der Waals surface area contributed by atoms with E-state index in [1.165, 1.54) is 30.7 Å². The van der Waals surface area contributed by atoms with E-state index in [2.05, 4.69) is 38.0 Å². The van der Waals surface area contributed by atoms with Crippen LogP contribution in [0.3, 0.4) is 0 Å². The molecule has 22 heavy (non-hydrogen) atoms. The Labute approximate surface area is 138 Å². The molecular weight excluding hydrogens is 294 g/mol. The fourth-order valence-electron chi connectivity index (χ4n) is 3.32. The Hall–Kier alpha value is -0.850. The number of likely N-dealkylation sites (N-methyl/N-ethyl adjacent to an activating group) is 1. The molecule has 0 N–H and O–H groups in total. The van der Waals surface area contributed by atoms with Gasteiger partial charge in [-0.3, -0.25) is 4.90 Å². The summed E-state index contributed by atoms with van der Waals surface area (Å²) < 4.78 is 0. The highest BCUT2D eigenvalue weighted by Gasteiger charge is 2.24. The molecule has 0 spiro atoms. The maximum absolute atomic E-state index is 4.60. The Morgan fingerprint density at radius 2 is 1.86 bits per heavy atom. The van der Waals surface area contributed by atoms with Gasteiger partial charge in [-0.25, -0.2) is 9.97 Å². The van der Waals surface area contributed by atoms with E-state index >= 15 is 0 Å². The molecule has 1 atom stereocenters. The smallest absolute Gasteiger partial charge is 0.225 e. The molecule has 1 aromatic heterocycles. The summed E-state index contributed by atoms with van der Waals surface area (Å²) in [6.07, 6.45) is 8.90. The summed E-state index contributed by atoms with van der Waals surface area (Å²) in [5.41, 5.74) is 1.24.